The van der Waals surface area contributed by atoms with Crippen molar-refractivity contribution in [2.75, 3.05) is 31.1 Å². The highest BCUT2D eigenvalue weighted by Gasteiger charge is 2.17. The number of nitrogens with zero attached hydrogens (tertiary/aromatic N) is 5. The van der Waals surface area contributed by atoms with Crippen molar-refractivity contribution >= 4 is 11.5 Å². The van der Waals surface area contributed by atoms with E-state index in [-0.39, 0.29) is 0 Å². The number of fused-ring (bicyclic) bond motifs is 1. The third kappa shape index (κ3) is 2.73. The molecule has 1 N–H and O–H groups in total. The first-order chi connectivity index (χ1) is 11.9. The van der Waals surface area contributed by atoms with Crippen molar-refractivity contribution in [3.8, 4) is 11.3 Å². The summed E-state index contributed by atoms with van der Waals surface area (Å²) in [5.41, 5.74) is 4.22. The van der Waals surface area contributed by atoms with Crippen molar-refractivity contribution < 1.29 is 0 Å². The molecule has 0 bridgehead atoms. The summed E-state index contributed by atoms with van der Waals surface area (Å²) in [6.07, 6.45) is 5.66. The van der Waals surface area contributed by atoms with E-state index in [2.05, 4.69) is 34.3 Å². The Morgan fingerprint density at radius 1 is 1.08 bits per heavy atom. The summed E-state index contributed by atoms with van der Waals surface area (Å²) < 4.78 is 2.00. The van der Waals surface area contributed by atoms with E-state index in [0.717, 1.165) is 67.4 Å². The van der Waals surface area contributed by atoms with Gasteiger partial charge in [0.25, 0.3) is 0 Å². The van der Waals surface area contributed by atoms with Gasteiger partial charge in [0.05, 0.1) is 11.4 Å². The molecular formula is C18H22N6. The zero-order chi connectivity index (χ0) is 16.4. The van der Waals surface area contributed by atoms with Gasteiger partial charge in [0.1, 0.15) is 5.82 Å². The molecular weight excluding hydrogens is 300 g/mol. The molecule has 0 radical (unpaired) electrons. The summed E-state index contributed by atoms with van der Waals surface area (Å²) in [7, 11) is 0. The summed E-state index contributed by atoms with van der Waals surface area (Å²) in [4.78, 5) is 11.3. The van der Waals surface area contributed by atoms with E-state index in [0.29, 0.717) is 0 Å². The Labute approximate surface area is 141 Å². The van der Waals surface area contributed by atoms with Crippen molar-refractivity contribution in [3.05, 3.63) is 42.4 Å². The molecule has 0 aliphatic carbocycles. The van der Waals surface area contributed by atoms with E-state index in [1.165, 1.54) is 0 Å². The fourth-order valence-electron chi connectivity index (χ4n) is 3.24. The maximum atomic E-state index is 4.91. The van der Waals surface area contributed by atoms with Gasteiger partial charge in [-0.3, -0.25) is 4.98 Å². The van der Waals surface area contributed by atoms with Gasteiger partial charge >= 0.3 is 0 Å². The Bertz CT molecular complexity index is 820. The lowest BCUT2D eigenvalue weighted by atomic mass is 10.1. The number of rotatable bonds is 4. The molecule has 0 saturated carbocycles. The van der Waals surface area contributed by atoms with Crippen LogP contribution in [-0.2, 0) is 6.42 Å². The summed E-state index contributed by atoms with van der Waals surface area (Å²) in [6.45, 7) is 6.16. The largest absolute Gasteiger partial charge is 0.353 e. The number of imidazole rings is 1. The van der Waals surface area contributed by atoms with E-state index in [1.807, 2.05) is 29.0 Å². The van der Waals surface area contributed by atoms with E-state index < -0.39 is 0 Å². The second kappa shape index (κ2) is 6.57. The van der Waals surface area contributed by atoms with Crippen LogP contribution >= 0.6 is 0 Å². The molecule has 4 rings (SSSR count). The summed E-state index contributed by atoms with van der Waals surface area (Å²) in [6, 6.07) is 8.22. The van der Waals surface area contributed by atoms with Crippen molar-refractivity contribution in [1.82, 2.24) is 24.9 Å². The van der Waals surface area contributed by atoms with Gasteiger partial charge in [-0.25, -0.2) is 9.50 Å². The molecule has 4 heterocycles. The highest BCUT2D eigenvalue weighted by molar-refractivity contribution is 5.67. The van der Waals surface area contributed by atoms with Gasteiger partial charge in [0, 0.05) is 44.1 Å². The van der Waals surface area contributed by atoms with E-state index >= 15 is 0 Å². The standard InChI is InChI=1S/C18H22N6/c1-2-3-15-18(14-6-8-19-9-7-14)24-16(21-15)4-5-17(22-24)23-12-10-20-11-13-23/h4-9,20H,2-3,10-13H2,1H3. The minimum atomic E-state index is 0.907. The number of piperazine rings is 1. The van der Waals surface area contributed by atoms with Gasteiger partial charge in [-0.1, -0.05) is 13.3 Å². The average Bonchev–Trinajstić information content (AvgIpc) is 3.00. The number of aromatic nitrogens is 4. The zero-order valence-electron chi connectivity index (χ0n) is 13.9. The van der Waals surface area contributed by atoms with Crippen molar-refractivity contribution in [2.24, 2.45) is 0 Å². The summed E-state index contributed by atoms with van der Waals surface area (Å²) in [5, 5.41) is 8.29. The molecule has 6 heteroatoms. The van der Waals surface area contributed by atoms with Gasteiger partial charge in [0.15, 0.2) is 5.65 Å². The highest BCUT2D eigenvalue weighted by Crippen LogP contribution is 2.26. The molecule has 0 spiro atoms. The molecule has 6 nitrogen and oxygen atoms in total. The van der Waals surface area contributed by atoms with Crippen LogP contribution in [-0.4, -0.2) is 45.8 Å². The molecule has 24 heavy (non-hydrogen) atoms. The maximum Gasteiger partial charge on any atom is 0.154 e. The molecule has 1 aliphatic rings. The van der Waals surface area contributed by atoms with Crippen molar-refractivity contribution in [2.45, 2.75) is 19.8 Å². The smallest absolute Gasteiger partial charge is 0.154 e. The molecule has 3 aromatic heterocycles. The predicted octanol–water partition coefficient (Wildman–Crippen LogP) is 2.15. The number of anilines is 1. The average molecular weight is 322 g/mol. The van der Waals surface area contributed by atoms with Crippen LogP contribution in [0.3, 0.4) is 0 Å². The molecule has 0 atom stereocenters. The first kappa shape index (κ1) is 15.1. The van der Waals surface area contributed by atoms with Gasteiger partial charge in [-0.15, -0.1) is 5.10 Å². The fourth-order valence-corrected chi connectivity index (χ4v) is 3.24. The first-order valence-corrected chi connectivity index (χ1v) is 8.61. The molecule has 0 aromatic carbocycles. The Morgan fingerprint density at radius 3 is 2.62 bits per heavy atom. The monoisotopic (exact) mass is 322 g/mol. The van der Waals surface area contributed by atoms with Crippen LogP contribution in [0.15, 0.2) is 36.7 Å². The quantitative estimate of drug-likeness (QED) is 0.797. The van der Waals surface area contributed by atoms with Gasteiger partial charge in [0.2, 0.25) is 0 Å². The Hall–Kier alpha value is -2.47. The molecule has 0 unspecified atom stereocenters. The first-order valence-electron chi connectivity index (χ1n) is 8.61. The normalized spacial score (nSPS) is 15.1. The Balaban J connectivity index is 1.85. The fraction of sp³-hybridized carbons (Fsp3) is 0.389. The Kier molecular flexibility index (Phi) is 4.13. The maximum absolute atomic E-state index is 4.91. The minimum Gasteiger partial charge on any atom is -0.353 e. The number of nitrogens with one attached hydrogen (secondary N) is 1. The molecule has 1 fully saturated rings. The third-order valence-corrected chi connectivity index (χ3v) is 4.42. The lowest BCUT2D eigenvalue weighted by Gasteiger charge is -2.28. The number of hydrogen-bond acceptors (Lipinski definition) is 5. The van der Waals surface area contributed by atoms with Crippen LogP contribution in [0, 0.1) is 0 Å². The van der Waals surface area contributed by atoms with Crippen LogP contribution < -0.4 is 10.2 Å². The van der Waals surface area contributed by atoms with E-state index in [1.54, 1.807) is 0 Å². The van der Waals surface area contributed by atoms with E-state index in [4.69, 9.17) is 10.1 Å². The van der Waals surface area contributed by atoms with Gasteiger partial charge in [-0.2, -0.15) is 0 Å². The van der Waals surface area contributed by atoms with Crippen LogP contribution in [0.4, 0.5) is 5.82 Å². The van der Waals surface area contributed by atoms with Crippen LogP contribution in [0.25, 0.3) is 16.9 Å². The Morgan fingerprint density at radius 2 is 1.88 bits per heavy atom. The molecule has 124 valence electrons. The topological polar surface area (TPSA) is 58.4 Å². The van der Waals surface area contributed by atoms with E-state index in [9.17, 15) is 0 Å². The zero-order valence-corrected chi connectivity index (χ0v) is 13.9. The number of hydrogen-bond donors (Lipinski definition) is 1. The van der Waals surface area contributed by atoms with Crippen LogP contribution in [0.2, 0.25) is 0 Å². The molecule has 0 amide bonds. The SMILES string of the molecule is CCCc1nc2ccc(N3CCNCC3)nn2c1-c1ccncc1. The predicted molar refractivity (Wildman–Crippen MR) is 95.3 cm³/mol. The second-order valence-electron chi connectivity index (χ2n) is 6.09. The van der Waals surface area contributed by atoms with Crippen LogP contribution in [0.5, 0.6) is 0 Å². The van der Waals surface area contributed by atoms with Gasteiger partial charge < -0.3 is 10.2 Å². The molecule has 1 aliphatic heterocycles. The lowest BCUT2D eigenvalue weighted by Crippen LogP contribution is -2.44. The number of pyridine rings is 1. The third-order valence-electron chi connectivity index (χ3n) is 4.42. The van der Waals surface area contributed by atoms with Crippen molar-refractivity contribution in [1.29, 1.82) is 0 Å². The summed E-state index contributed by atoms with van der Waals surface area (Å²) >= 11 is 0. The summed E-state index contributed by atoms with van der Waals surface area (Å²) in [5.74, 6) is 1.01. The number of aryl methyl sites for hydroxylation is 1. The van der Waals surface area contributed by atoms with Crippen LogP contribution in [0.1, 0.15) is 19.0 Å². The molecule has 3 aromatic rings. The highest BCUT2D eigenvalue weighted by atomic mass is 15.3. The molecule has 1 saturated heterocycles. The minimum absolute atomic E-state index is 0.907. The van der Waals surface area contributed by atoms with Crippen molar-refractivity contribution in [3.63, 3.8) is 0 Å². The lowest BCUT2D eigenvalue weighted by molar-refractivity contribution is 0.582. The van der Waals surface area contributed by atoms with Gasteiger partial charge in [-0.05, 0) is 30.7 Å². The second-order valence-corrected chi connectivity index (χ2v) is 6.09.